The SMILES string of the molecule is O=C(Cc1coc2ccccc12)N1CCCS(=O)(=O)CC1C1CC1. The van der Waals surface area contributed by atoms with Crippen LogP contribution in [0.3, 0.4) is 0 Å². The molecule has 128 valence electrons. The predicted octanol–water partition coefficient (Wildman–Crippen LogP) is 2.40. The molecule has 1 unspecified atom stereocenters. The Balaban J connectivity index is 1.58. The maximum absolute atomic E-state index is 12.9. The molecule has 1 aliphatic heterocycles. The van der Waals surface area contributed by atoms with Crippen molar-refractivity contribution in [3.63, 3.8) is 0 Å². The number of rotatable bonds is 3. The Kier molecular flexibility index (Phi) is 3.87. The molecule has 1 aliphatic carbocycles. The Hall–Kier alpha value is -1.82. The van der Waals surface area contributed by atoms with Gasteiger partial charge in [0.05, 0.1) is 24.2 Å². The normalized spacial score (nSPS) is 24.0. The zero-order valence-electron chi connectivity index (χ0n) is 13.5. The number of carbonyl (C=O) groups excluding carboxylic acids is 1. The van der Waals surface area contributed by atoms with E-state index in [1.165, 1.54) is 0 Å². The molecule has 0 N–H and O–H groups in total. The maximum Gasteiger partial charge on any atom is 0.227 e. The van der Waals surface area contributed by atoms with Crippen molar-refractivity contribution >= 4 is 26.7 Å². The fraction of sp³-hybridized carbons (Fsp3) is 0.500. The quantitative estimate of drug-likeness (QED) is 0.855. The molecule has 0 radical (unpaired) electrons. The van der Waals surface area contributed by atoms with Gasteiger partial charge in [0.25, 0.3) is 0 Å². The van der Waals surface area contributed by atoms with Gasteiger partial charge in [-0.2, -0.15) is 0 Å². The van der Waals surface area contributed by atoms with Crippen LogP contribution in [-0.2, 0) is 21.1 Å². The Bertz CT molecular complexity index is 866. The molecule has 1 aromatic carbocycles. The lowest BCUT2D eigenvalue weighted by Gasteiger charge is -2.29. The first-order chi connectivity index (χ1) is 11.5. The summed E-state index contributed by atoms with van der Waals surface area (Å²) < 4.78 is 29.8. The number of furan rings is 1. The Morgan fingerprint density at radius 2 is 2.04 bits per heavy atom. The molecule has 6 heteroatoms. The number of para-hydroxylation sites is 1. The first-order valence-corrected chi connectivity index (χ1v) is 10.3. The lowest BCUT2D eigenvalue weighted by atomic mass is 10.1. The Morgan fingerprint density at radius 3 is 2.83 bits per heavy atom. The zero-order chi connectivity index (χ0) is 16.7. The van der Waals surface area contributed by atoms with Crippen LogP contribution in [0, 0.1) is 5.92 Å². The smallest absolute Gasteiger partial charge is 0.227 e. The van der Waals surface area contributed by atoms with Gasteiger partial charge < -0.3 is 9.32 Å². The highest BCUT2D eigenvalue weighted by molar-refractivity contribution is 7.91. The molecule has 2 aliphatic rings. The summed E-state index contributed by atoms with van der Waals surface area (Å²) in [5, 5.41) is 0.955. The largest absolute Gasteiger partial charge is 0.464 e. The minimum atomic E-state index is -3.05. The molecule has 1 aromatic heterocycles. The van der Waals surface area contributed by atoms with Gasteiger partial charge in [-0.3, -0.25) is 4.79 Å². The van der Waals surface area contributed by atoms with Gasteiger partial charge in [0, 0.05) is 23.5 Å². The van der Waals surface area contributed by atoms with Crippen LogP contribution in [-0.4, -0.2) is 43.3 Å². The van der Waals surface area contributed by atoms with Crippen molar-refractivity contribution in [3.8, 4) is 0 Å². The van der Waals surface area contributed by atoms with Gasteiger partial charge in [-0.25, -0.2) is 8.42 Å². The van der Waals surface area contributed by atoms with Gasteiger partial charge >= 0.3 is 0 Å². The number of carbonyl (C=O) groups is 1. The number of hydrogen-bond donors (Lipinski definition) is 0. The van der Waals surface area contributed by atoms with Crippen LogP contribution in [0.15, 0.2) is 34.9 Å². The third-order valence-corrected chi connectivity index (χ3v) is 6.83. The first-order valence-electron chi connectivity index (χ1n) is 8.48. The van der Waals surface area contributed by atoms with Gasteiger partial charge in [0.15, 0.2) is 9.84 Å². The fourth-order valence-corrected chi connectivity index (χ4v) is 5.38. The number of sulfone groups is 1. The molecule has 5 nitrogen and oxygen atoms in total. The Morgan fingerprint density at radius 1 is 1.25 bits per heavy atom. The summed E-state index contributed by atoms with van der Waals surface area (Å²) in [6.07, 6.45) is 4.49. The van der Waals surface area contributed by atoms with E-state index in [0.717, 1.165) is 29.4 Å². The predicted molar refractivity (Wildman–Crippen MR) is 91.4 cm³/mol. The second kappa shape index (κ2) is 5.92. The van der Waals surface area contributed by atoms with Crippen molar-refractivity contribution in [3.05, 3.63) is 36.1 Å². The van der Waals surface area contributed by atoms with E-state index in [1.54, 1.807) is 6.26 Å². The summed E-state index contributed by atoms with van der Waals surface area (Å²) in [6, 6.07) is 7.52. The van der Waals surface area contributed by atoms with Crippen molar-refractivity contribution in [1.82, 2.24) is 4.90 Å². The molecule has 2 heterocycles. The summed E-state index contributed by atoms with van der Waals surface area (Å²) in [5.74, 6) is 0.669. The van der Waals surface area contributed by atoms with E-state index < -0.39 is 9.84 Å². The molecular weight excluding hydrogens is 326 g/mol. The van der Waals surface area contributed by atoms with E-state index in [4.69, 9.17) is 4.42 Å². The van der Waals surface area contributed by atoms with E-state index in [2.05, 4.69) is 0 Å². The highest BCUT2D eigenvalue weighted by atomic mass is 32.2. The zero-order valence-corrected chi connectivity index (χ0v) is 14.3. The third-order valence-electron chi connectivity index (χ3n) is 5.07. The monoisotopic (exact) mass is 347 g/mol. The van der Waals surface area contributed by atoms with Crippen LogP contribution in [0.2, 0.25) is 0 Å². The minimum absolute atomic E-state index is 0.00977. The van der Waals surface area contributed by atoms with Gasteiger partial charge in [0.2, 0.25) is 5.91 Å². The van der Waals surface area contributed by atoms with Crippen molar-refractivity contribution in [2.24, 2.45) is 5.92 Å². The number of amides is 1. The van der Waals surface area contributed by atoms with Crippen LogP contribution >= 0.6 is 0 Å². The summed E-state index contributed by atoms with van der Waals surface area (Å²) in [4.78, 5) is 14.7. The number of nitrogens with zero attached hydrogens (tertiary/aromatic N) is 1. The van der Waals surface area contributed by atoms with Crippen molar-refractivity contribution in [1.29, 1.82) is 0 Å². The van der Waals surface area contributed by atoms with Crippen molar-refractivity contribution in [2.75, 3.05) is 18.1 Å². The third kappa shape index (κ3) is 3.07. The minimum Gasteiger partial charge on any atom is -0.464 e. The number of benzene rings is 1. The molecule has 4 rings (SSSR count). The average Bonchev–Trinajstić information content (AvgIpc) is 3.33. The molecule has 2 fully saturated rings. The van der Waals surface area contributed by atoms with Crippen LogP contribution < -0.4 is 0 Å². The number of hydrogen-bond acceptors (Lipinski definition) is 4. The molecule has 2 aromatic rings. The molecule has 1 saturated carbocycles. The van der Waals surface area contributed by atoms with Gasteiger partial charge in [-0.1, -0.05) is 18.2 Å². The van der Waals surface area contributed by atoms with E-state index in [0.29, 0.717) is 18.9 Å². The lowest BCUT2D eigenvalue weighted by molar-refractivity contribution is -0.132. The highest BCUT2D eigenvalue weighted by Crippen LogP contribution is 2.37. The lowest BCUT2D eigenvalue weighted by Crippen LogP contribution is -2.44. The van der Waals surface area contributed by atoms with Crippen molar-refractivity contribution in [2.45, 2.75) is 31.7 Å². The Labute approximate surface area is 141 Å². The van der Waals surface area contributed by atoms with Gasteiger partial charge in [-0.15, -0.1) is 0 Å². The van der Waals surface area contributed by atoms with Crippen LogP contribution in [0.4, 0.5) is 0 Å². The highest BCUT2D eigenvalue weighted by Gasteiger charge is 2.41. The molecule has 1 atom stereocenters. The van der Waals surface area contributed by atoms with E-state index >= 15 is 0 Å². The van der Waals surface area contributed by atoms with Gasteiger partial charge in [-0.05, 0) is 31.2 Å². The first kappa shape index (κ1) is 15.7. The van der Waals surface area contributed by atoms with Gasteiger partial charge in [0.1, 0.15) is 5.58 Å². The summed E-state index contributed by atoms with van der Waals surface area (Å²) in [5.41, 5.74) is 1.65. The van der Waals surface area contributed by atoms with E-state index in [9.17, 15) is 13.2 Å². The van der Waals surface area contributed by atoms with Crippen LogP contribution in [0.5, 0.6) is 0 Å². The molecule has 1 saturated heterocycles. The number of fused-ring (bicyclic) bond motifs is 1. The molecule has 0 bridgehead atoms. The summed E-state index contributed by atoms with van der Waals surface area (Å²) >= 11 is 0. The maximum atomic E-state index is 12.9. The van der Waals surface area contributed by atoms with E-state index in [-0.39, 0.29) is 29.9 Å². The average molecular weight is 347 g/mol. The fourth-order valence-electron chi connectivity index (χ4n) is 3.67. The van der Waals surface area contributed by atoms with E-state index in [1.807, 2.05) is 29.2 Å². The molecule has 0 spiro atoms. The van der Waals surface area contributed by atoms with Crippen molar-refractivity contribution < 1.29 is 17.6 Å². The molecule has 24 heavy (non-hydrogen) atoms. The molecular formula is C18H21NO4S. The second-order valence-corrected chi connectivity index (χ2v) is 9.12. The summed E-state index contributed by atoms with van der Waals surface area (Å²) in [7, 11) is -3.05. The summed E-state index contributed by atoms with van der Waals surface area (Å²) in [6.45, 7) is 0.537. The standard InChI is InChI=1S/C18H21NO4S/c20-18(10-14-11-23-17-5-2-1-4-15(14)17)19-8-3-9-24(21,22)12-16(19)13-6-7-13/h1-2,4-5,11,13,16H,3,6-10,12H2. The van der Waals surface area contributed by atoms with Crippen LogP contribution in [0.1, 0.15) is 24.8 Å². The second-order valence-electron chi connectivity index (χ2n) is 6.89. The molecule has 1 amide bonds. The topological polar surface area (TPSA) is 67.6 Å². The van der Waals surface area contributed by atoms with Crippen LogP contribution in [0.25, 0.3) is 11.0 Å².